The number of pyridine rings is 1. The minimum absolute atomic E-state index is 0.0750. The highest BCUT2D eigenvalue weighted by Crippen LogP contribution is 2.35. The van der Waals surface area contributed by atoms with Crippen molar-refractivity contribution in [2.45, 2.75) is 25.1 Å². The minimum Gasteiger partial charge on any atom is -0.326 e. The van der Waals surface area contributed by atoms with Gasteiger partial charge in [0.2, 0.25) is 5.82 Å². The van der Waals surface area contributed by atoms with Crippen LogP contribution in [0.5, 0.6) is 0 Å². The van der Waals surface area contributed by atoms with Crippen LogP contribution in [0.15, 0.2) is 30.5 Å². The number of hydrogen-bond acceptors (Lipinski definition) is 3. The van der Waals surface area contributed by atoms with Crippen LogP contribution in [0.2, 0.25) is 0 Å². The molecular weight excluding hydrogens is 452 g/mol. The van der Waals surface area contributed by atoms with Gasteiger partial charge < -0.3 is 9.47 Å². The molecule has 1 aliphatic heterocycles. The lowest BCUT2D eigenvalue weighted by atomic mass is 10.0. The highest BCUT2D eigenvalue weighted by Gasteiger charge is 2.46. The Labute approximate surface area is 174 Å². The largest absolute Gasteiger partial charge is 0.449 e. The summed E-state index contributed by atoms with van der Waals surface area (Å²) < 4.78 is 107. The summed E-state index contributed by atoms with van der Waals surface area (Å²) in [5.41, 5.74) is -1.48. The van der Waals surface area contributed by atoms with Gasteiger partial charge in [-0.15, -0.1) is 0 Å². The van der Waals surface area contributed by atoms with E-state index in [0.29, 0.717) is 4.57 Å². The molecule has 1 aromatic carbocycles. The van der Waals surface area contributed by atoms with Gasteiger partial charge in [-0.1, -0.05) is 6.07 Å². The van der Waals surface area contributed by atoms with E-state index < -0.39 is 61.3 Å². The van der Waals surface area contributed by atoms with Crippen LogP contribution in [0.25, 0.3) is 22.3 Å². The third-order valence-corrected chi connectivity index (χ3v) is 4.85. The second-order valence-electron chi connectivity index (χ2n) is 7.17. The minimum atomic E-state index is -5.04. The highest BCUT2D eigenvalue weighted by atomic mass is 19.4. The average Bonchev–Trinajstić information content (AvgIpc) is 3.04. The number of hydrogen-bond donors (Lipinski definition) is 0. The summed E-state index contributed by atoms with van der Waals surface area (Å²) in [6.45, 7) is -2.97. The maximum absolute atomic E-state index is 14.6. The van der Waals surface area contributed by atoms with Crippen LogP contribution in [0.1, 0.15) is 16.2 Å². The molecule has 0 spiro atoms. The molecule has 0 aliphatic carbocycles. The van der Waals surface area contributed by atoms with Gasteiger partial charge in [0.05, 0.1) is 36.4 Å². The zero-order valence-corrected chi connectivity index (χ0v) is 15.8. The summed E-state index contributed by atoms with van der Waals surface area (Å²) in [6, 6.07) is 4.02. The number of benzene rings is 1. The van der Waals surface area contributed by atoms with E-state index in [1.165, 1.54) is 0 Å². The number of aromatic nitrogens is 3. The summed E-state index contributed by atoms with van der Waals surface area (Å²) in [5, 5.41) is 0. The molecule has 0 unspecified atom stereocenters. The molecule has 1 fully saturated rings. The molecule has 2 aromatic heterocycles. The van der Waals surface area contributed by atoms with Crippen LogP contribution in [0, 0.1) is 5.82 Å². The van der Waals surface area contributed by atoms with Crippen LogP contribution in [0.4, 0.5) is 35.1 Å². The lowest BCUT2D eigenvalue weighted by Gasteiger charge is -2.38. The quantitative estimate of drug-likeness (QED) is 0.530. The fraction of sp³-hybridized carbons (Fsp3) is 0.316. The summed E-state index contributed by atoms with van der Waals surface area (Å²) in [7, 11) is 0. The van der Waals surface area contributed by atoms with Gasteiger partial charge in [0.1, 0.15) is 11.3 Å². The van der Waals surface area contributed by atoms with Gasteiger partial charge in [0, 0.05) is 11.8 Å². The second-order valence-corrected chi connectivity index (χ2v) is 7.17. The van der Waals surface area contributed by atoms with E-state index in [9.17, 15) is 39.9 Å². The first-order valence-corrected chi connectivity index (χ1v) is 9.05. The lowest BCUT2D eigenvalue weighted by molar-refractivity contribution is -0.147. The second kappa shape index (κ2) is 7.41. The van der Waals surface area contributed by atoms with Crippen molar-refractivity contribution in [2.75, 3.05) is 13.1 Å². The Bertz CT molecular complexity index is 1200. The number of alkyl halides is 7. The number of carbonyl (C=O) groups is 1. The molecule has 13 heteroatoms. The zero-order valence-electron chi connectivity index (χ0n) is 15.8. The predicted molar refractivity (Wildman–Crippen MR) is 94.8 cm³/mol. The number of nitrogens with zero attached hydrogens (tertiary/aromatic N) is 4. The van der Waals surface area contributed by atoms with Crippen molar-refractivity contribution in [3.8, 4) is 11.3 Å². The number of imidazole rings is 1. The van der Waals surface area contributed by atoms with Crippen molar-refractivity contribution in [2.24, 2.45) is 0 Å². The molecule has 32 heavy (non-hydrogen) atoms. The summed E-state index contributed by atoms with van der Waals surface area (Å²) in [4.78, 5) is 20.3. The summed E-state index contributed by atoms with van der Waals surface area (Å²) in [6.07, 6.45) is -7.08. The fourth-order valence-electron chi connectivity index (χ4n) is 3.46. The van der Waals surface area contributed by atoms with E-state index in [-0.39, 0.29) is 22.3 Å². The standard InChI is InChI=1S/C19H12F8N4O/c20-11-5-9(1-2-10(11)16(32)30-7-18(23,24)8-30)14-15-12(3-4-28-14)31(6-13(21)22)17(29-15)19(25,26)27/h1-5,13H,6-8H2. The third-order valence-electron chi connectivity index (χ3n) is 4.85. The molecule has 0 bridgehead atoms. The first-order valence-electron chi connectivity index (χ1n) is 9.05. The molecule has 1 saturated heterocycles. The lowest BCUT2D eigenvalue weighted by Crippen LogP contribution is -2.58. The number of carbonyl (C=O) groups excluding carboxylic acids is 1. The highest BCUT2D eigenvalue weighted by molar-refractivity contribution is 5.96. The van der Waals surface area contributed by atoms with Crippen molar-refractivity contribution in [1.29, 1.82) is 0 Å². The van der Waals surface area contributed by atoms with Crippen molar-refractivity contribution in [3.05, 3.63) is 47.7 Å². The number of likely N-dealkylation sites (tertiary alicyclic amines) is 1. The molecule has 4 rings (SSSR count). The van der Waals surface area contributed by atoms with Crippen LogP contribution in [0.3, 0.4) is 0 Å². The van der Waals surface area contributed by atoms with E-state index in [2.05, 4.69) is 9.97 Å². The van der Waals surface area contributed by atoms with Crippen LogP contribution in [-0.2, 0) is 12.7 Å². The normalized spacial score (nSPS) is 16.0. The average molecular weight is 464 g/mol. The molecule has 0 radical (unpaired) electrons. The van der Waals surface area contributed by atoms with Crippen molar-refractivity contribution >= 4 is 16.9 Å². The van der Waals surface area contributed by atoms with Crippen molar-refractivity contribution in [3.63, 3.8) is 0 Å². The first-order chi connectivity index (χ1) is 14.9. The molecule has 0 saturated carbocycles. The fourth-order valence-corrected chi connectivity index (χ4v) is 3.46. The Kier molecular flexibility index (Phi) is 5.09. The van der Waals surface area contributed by atoms with Gasteiger partial charge >= 0.3 is 6.18 Å². The summed E-state index contributed by atoms with van der Waals surface area (Å²) in [5.74, 6) is -6.68. The number of amides is 1. The Morgan fingerprint density at radius 2 is 1.84 bits per heavy atom. The SMILES string of the molecule is O=C(c1ccc(-c2nccc3c2nc(C(F)(F)F)n3CC(F)F)cc1F)N1CC(F)(F)C1. The maximum atomic E-state index is 14.6. The molecule has 170 valence electrons. The number of rotatable bonds is 4. The molecule has 1 aliphatic rings. The molecule has 1 amide bonds. The third kappa shape index (κ3) is 3.86. The van der Waals surface area contributed by atoms with Gasteiger partial charge in [-0.2, -0.15) is 13.2 Å². The Morgan fingerprint density at radius 1 is 1.16 bits per heavy atom. The molecule has 5 nitrogen and oxygen atoms in total. The molecule has 0 N–H and O–H groups in total. The Morgan fingerprint density at radius 3 is 2.41 bits per heavy atom. The van der Waals surface area contributed by atoms with Gasteiger partial charge in [0.25, 0.3) is 18.3 Å². The number of fused-ring (bicyclic) bond motifs is 1. The molecule has 0 atom stereocenters. The Balaban J connectivity index is 1.76. The van der Waals surface area contributed by atoms with Gasteiger partial charge in [-0.25, -0.2) is 26.9 Å². The zero-order chi connectivity index (χ0) is 23.4. The van der Waals surface area contributed by atoms with Gasteiger partial charge in [-0.3, -0.25) is 9.78 Å². The van der Waals surface area contributed by atoms with Gasteiger partial charge in [-0.05, 0) is 18.2 Å². The van der Waals surface area contributed by atoms with Crippen LogP contribution < -0.4 is 0 Å². The smallest absolute Gasteiger partial charge is 0.326 e. The van der Waals surface area contributed by atoms with Gasteiger partial charge in [0.15, 0.2) is 0 Å². The van der Waals surface area contributed by atoms with Crippen LogP contribution >= 0.6 is 0 Å². The number of halogens is 8. The van der Waals surface area contributed by atoms with E-state index in [1.807, 2.05) is 0 Å². The molecular formula is C19H12F8N4O. The molecule has 3 heterocycles. The van der Waals surface area contributed by atoms with Crippen LogP contribution in [-0.4, -0.2) is 50.8 Å². The maximum Gasteiger partial charge on any atom is 0.449 e. The van der Waals surface area contributed by atoms with E-state index >= 15 is 0 Å². The molecule has 3 aromatic rings. The monoisotopic (exact) mass is 464 g/mol. The first kappa shape index (κ1) is 22.0. The van der Waals surface area contributed by atoms with Crippen molar-refractivity contribution < 1.29 is 39.9 Å². The summed E-state index contributed by atoms with van der Waals surface area (Å²) >= 11 is 0. The van der Waals surface area contributed by atoms with E-state index in [4.69, 9.17) is 0 Å². The van der Waals surface area contributed by atoms with E-state index in [0.717, 1.165) is 35.4 Å². The van der Waals surface area contributed by atoms with E-state index in [1.54, 1.807) is 0 Å². The Hall–Kier alpha value is -3.25. The van der Waals surface area contributed by atoms with Crippen molar-refractivity contribution in [1.82, 2.24) is 19.4 Å². The topological polar surface area (TPSA) is 51.0 Å². The predicted octanol–water partition coefficient (Wildman–Crippen LogP) is 4.61.